The van der Waals surface area contributed by atoms with Crippen molar-refractivity contribution in [2.24, 2.45) is 0 Å². The molecule has 0 bridgehead atoms. The van der Waals surface area contributed by atoms with Gasteiger partial charge in [0.25, 0.3) is 17.7 Å². The van der Waals surface area contributed by atoms with Crippen molar-refractivity contribution in [2.45, 2.75) is 19.0 Å². The fraction of sp³-hybridized carbons (Fsp3) is 0.200. The second-order valence-electron chi connectivity index (χ2n) is 7.97. The third-order valence-corrected chi connectivity index (χ3v) is 5.54. The lowest BCUT2D eigenvalue weighted by Gasteiger charge is -2.27. The van der Waals surface area contributed by atoms with Crippen LogP contribution in [-0.2, 0) is 4.79 Å². The summed E-state index contributed by atoms with van der Waals surface area (Å²) < 4.78 is 37.2. The largest absolute Gasteiger partial charge is 0.405 e. The molecule has 0 saturated heterocycles. The number of anilines is 1. The zero-order chi connectivity index (χ0) is 25.2. The predicted molar refractivity (Wildman–Crippen MR) is 122 cm³/mol. The minimum absolute atomic E-state index is 0.00350. The van der Waals surface area contributed by atoms with Gasteiger partial charge in [0, 0.05) is 29.5 Å². The Kier molecular flexibility index (Phi) is 6.54. The van der Waals surface area contributed by atoms with E-state index in [1.165, 1.54) is 24.3 Å². The van der Waals surface area contributed by atoms with E-state index in [2.05, 4.69) is 5.32 Å². The highest BCUT2D eigenvalue weighted by molar-refractivity contribution is 6.25. The maximum atomic E-state index is 12.9. The monoisotopic (exact) mass is 483 g/mol. The minimum atomic E-state index is -4.57. The maximum Gasteiger partial charge on any atom is 0.405 e. The lowest BCUT2D eigenvalue weighted by molar-refractivity contribution is -0.123. The molecule has 4 rings (SSSR count). The van der Waals surface area contributed by atoms with Crippen LogP contribution in [0.3, 0.4) is 0 Å². The van der Waals surface area contributed by atoms with Gasteiger partial charge in [0.05, 0.1) is 11.3 Å². The van der Waals surface area contributed by atoms with Gasteiger partial charge in [-0.15, -0.1) is 0 Å². The SMILES string of the molecule is O=C(CCCN1C(=O)c2cccc3cccc(c23)C1=O)Nc1ccccc1C(=O)NCC(F)(F)F. The molecule has 35 heavy (non-hydrogen) atoms. The van der Waals surface area contributed by atoms with E-state index < -0.39 is 36.3 Å². The summed E-state index contributed by atoms with van der Waals surface area (Å²) in [5, 5.41) is 5.68. The van der Waals surface area contributed by atoms with Gasteiger partial charge in [-0.3, -0.25) is 24.1 Å². The maximum absolute atomic E-state index is 12.9. The van der Waals surface area contributed by atoms with Crippen LogP contribution in [-0.4, -0.2) is 47.8 Å². The summed E-state index contributed by atoms with van der Waals surface area (Å²) in [4.78, 5) is 51.5. The van der Waals surface area contributed by atoms with Crippen LogP contribution in [0, 0.1) is 0 Å². The molecular formula is C25H20F3N3O4. The third-order valence-electron chi connectivity index (χ3n) is 5.54. The number of halogens is 3. The number of rotatable bonds is 7. The summed E-state index contributed by atoms with van der Waals surface area (Å²) in [5.74, 6) is -2.37. The van der Waals surface area contributed by atoms with Crippen molar-refractivity contribution in [3.05, 3.63) is 77.4 Å². The van der Waals surface area contributed by atoms with Crippen LogP contribution in [0.25, 0.3) is 10.8 Å². The van der Waals surface area contributed by atoms with Crippen LogP contribution in [0.5, 0.6) is 0 Å². The third kappa shape index (κ3) is 5.16. The number of carbonyl (C=O) groups excluding carboxylic acids is 4. The summed E-state index contributed by atoms with van der Waals surface area (Å²) in [6, 6.07) is 16.1. The molecule has 0 aliphatic carbocycles. The average Bonchev–Trinajstić information content (AvgIpc) is 2.83. The van der Waals surface area contributed by atoms with E-state index in [9.17, 15) is 32.3 Å². The Bertz CT molecular complexity index is 1290. The van der Waals surface area contributed by atoms with E-state index in [4.69, 9.17) is 0 Å². The molecule has 1 aliphatic heterocycles. The fourth-order valence-electron chi connectivity index (χ4n) is 3.96. The first-order valence-electron chi connectivity index (χ1n) is 10.8. The smallest absolute Gasteiger partial charge is 0.343 e. The number of alkyl halides is 3. The highest BCUT2D eigenvalue weighted by atomic mass is 19.4. The lowest BCUT2D eigenvalue weighted by atomic mass is 9.94. The molecule has 7 nitrogen and oxygen atoms in total. The van der Waals surface area contributed by atoms with Crippen molar-refractivity contribution in [1.29, 1.82) is 0 Å². The van der Waals surface area contributed by atoms with E-state index >= 15 is 0 Å². The number of hydrogen-bond acceptors (Lipinski definition) is 4. The second kappa shape index (κ2) is 9.57. The van der Waals surface area contributed by atoms with Crippen LogP contribution in [0.15, 0.2) is 60.7 Å². The van der Waals surface area contributed by atoms with Crippen molar-refractivity contribution in [3.8, 4) is 0 Å². The summed E-state index contributed by atoms with van der Waals surface area (Å²) in [7, 11) is 0. The molecule has 0 atom stereocenters. The lowest BCUT2D eigenvalue weighted by Crippen LogP contribution is -2.41. The minimum Gasteiger partial charge on any atom is -0.343 e. The molecule has 1 heterocycles. The van der Waals surface area contributed by atoms with Crippen LogP contribution >= 0.6 is 0 Å². The van der Waals surface area contributed by atoms with Crippen LogP contribution in [0.2, 0.25) is 0 Å². The van der Waals surface area contributed by atoms with Crippen molar-refractivity contribution in [3.63, 3.8) is 0 Å². The van der Waals surface area contributed by atoms with Crippen molar-refractivity contribution < 1.29 is 32.3 Å². The molecule has 180 valence electrons. The van der Waals surface area contributed by atoms with E-state index in [0.29, 0.717) is 16.5 Å². The average molecular weight is 483 g/mol. The van der Waals surface area contributed by atoms with Gasteiger partial charge in [-0.2, -0.15) is 13.2 Å². The zero-order valence-corrected chi connectivity index (χ0v) is 18.3. The number of amides is 4. The first kappa shape index (κ1) is 23.9. The molecule has 0 radical (unpaired) electrons. The van der Waals surface area contributed by atoms with Gasteiger partial charge < -0.3 is 10.6 Å². The number of carbonyl (C=O) groups is 4. The molecule has 0 unspecified atom stereocenters. The topological polar surface area (TPSA) is 95.6 Å². The highest BCUT2D eigenvalue weighted by Gasteiger charge is 2.32. The number of para-hydroxylation sites is 1. The molecule has 2 N–H and O–H groups in total. The Balaban J connectivity index is 1.38. The van der Waals surface area contributed by atoms with Gasteiger partial charge in [-0.25, -0.2) is 0 Å². The quantitative estimate of drug-likeness (QED) is 0.494. The molecule has 0 saturated carbocycles. The Labute approximate surface area is 197 Å². The van der Waals surface area contributed by atoms with Crippen LogP contribution in [0.1, 0.15) is 43.9 Å². The molecule has 3 aromatic rings. The number of nitrogens with zero attached hydrogens (tertiary/aromatic N) is 1. The van der Waals surface area contributed by atoms with E-state index in [0.717, 1.165) is 10.3 Å². The molecular weight excluding hydrogens is 463 g/mol. The summed E-state index contributed by atoms with van der Waals surface area (Å²) in [6.07, 6.45) is -4.49. The van der Waals surface area contributed by atoms with Gasteiger partial charge in [0.2, 0.25) is 5.91 Å². The number of hydrogen-bond donors (Lipinski definition) is 2. The first-order chi connectivity index (χ1) is 16.7. The van der Waals surface area contributed by atoms with Crippen LogP contribution in [0.4, 0.5) is 18.9 Å². The molecule has 0 spiro atoms. The van der Waals surface area contributed by atoms with Gasteiger partial charge in [0.1, 0.15) is 6.54 Å². The Morgan fingerprint density at radius 3 is 2.11 bits per heavy atom. The summed E-state index contributed by atoms with van der Waals surface area (Å²) >= 11 is 0. The van der Waals surface area contributed by atoms with Crippen molar-refractivity contribution in [1.82, 2.24) is 10.2 Å². The standard InChI is InChI=1S/C25H20F3N3O4/c26-25(27,28)14-29-22(33)16-8-1-2-11-19(16)30-20(32)12-5-13-31-23(34)17-9-3-6-15-7-4-10-18(21(15)17)24(31)35/h1-4,6-11H,5,12-14H2,(H,29,33)(H,30,32). The Hall–Kier alpha value is -4.21. The van der Waals surface area contributed by atoms with E-state index in [1.54, 1.807) is 29.6 Å². The molecule has 4 amide bonds. The summed E-state index contributed by atoms with van der Waals surface area (Å²) in [6.45, 7) is -1.49. The Morgan fingerprint density at radius 1 is 0.857 bits per heavy atom. The molecule has 1 aliphatic rings. The van der Waals surface area contributed by atoms with E-state index in [-0.39, 0.29) is 30.6 Å². The summed E-state index contributed by atoms with van der Waals surface area (Å²) in [5.41, 5.74) is 0.779. The van der Waals surface area contributed by atoms with Gasteiger partial charge in [0.15, 0.2) is 0 Å². The zero-order valence-electron chi connectivity index (χ0n) is 18.3. The van der Waals surface area contributed by atoms with Crippen molar-refractivity contribution in [2.75, 3.05) is 18.4 Å². The fourth-order valence-corrected chi connectivity index (χ4v) is 3.96. The van der Waals surface area contributed by atoms with E-state index in [1.807, 2.05) is 12.1 Å². The van der Waals surface area contributed by atoms with Gasteiger partial charge >= 0.3 is 6.18 Å². The van der Waals surface area contributed by atoms with Gasteiger partial charge in [-0.05, 0) is 36.1 Å². The number of benzene rings is 3. The number of nitrogens with one attached hydrogen (secondary N) is 2. The molecule has 0 aromatic heterocycles. The highest BCUT2D eigenvalue weighted by Crippen LogP contribution is 2.30. The van der Waals surface area contributed by atoms with Crippen molar-refractivity contribution >= 4 is 40.1 Å². The Morgan fingerprint density at radius 2 is 1.49 bits per heavy atom. The van der Waals surface area contributed by atoms with Crippen LogP contribution < -0.4 is 10.6 Å². The normalized spacial score (nSPS) is 13.2. The first-order valence-corrected chi connectivity index (χ1v) is 10.8. The molecule has 10 heteroatoms. The van der Waals surface area contributed by atoms with Gasteiger partial charge in [-0.1, -0.05) is 36.4 Å². The number of imide groups is 1. The predicted octanol–water partition coefficient (Wildman–Crippen LogP) is 4.15. The molecule has 0 fully saturated rings. The second-order valence-corrected chi connectivity index (χ2v) is 7.97. The molecule has 3 aromatic carbocycles.